The molecule has 2 fully saturated rings. The average molecular weight is 327 g/mol. The topological polar surface area (TPSA) is 101 Å². The molecular weight excluding hydrogens is 308 g/mol. The Morgan fingerprint density at radius 1 is 1.32 bits per heavy atom. The molecule has 0 aromatic heterocycles. The second kappa shape index (κ2) is 6.50. The van der Waals surface area contributed by atoms with Crippen LogP contribution in [0, 0.1) is 10.1 Å². The largest absolute Gasteiger partial charge is 0.398 e. The highest BCUT2D eigenvalue weighted by Crippen LogP contribution is 2.31. The lowest BCUT2D eigenvalue weighted by Gasteiger charge is -2.28. The third-order valence-electron chi connectivity index (χ3n) is 4.37. The van der Waals surface area contributed by atoms with Crippen molar-refractivity contribution < 1.29 is 9.72 Å². The van der Waals surface area contributed by atoms with Gasteiger partial charge in [-0.2, -0.15) is 0 Å². The van der Waals surface area contributed by atoms with Gasteiger partial charge in [-0.1, -0.05) is 0 Å². The van der Waals surface area contributed by atoms with Crippen molar-refractivity contribution in [3.63, 3.8) is 0 Å². The second-order valence-electron chi connectivity index (χ2n) is 5.62. The molecule has 22 heavy (non-hydrogen) atoms. The number of nitrogen functional groups attached to an aromatic ring is 1. The van der Waals surface area contributed by atoms with Crippen LogP contribution in [0.3, 0.4) is 0 Å². The maximum atomic E-state index is 12.8. The van der Waals surface area contributed by atoms with Crippen molar-refractivity contribution in [1.29, 1.82) is 0 Å². The normalized spacial score (nSPS) is 23.5. The molecule has 0 spiro atoms. The van der Waals surface area contributed by atoms with Crippen molar-refractivity contribution in [3.8, 4) is 0 Å². The van der Waals surface area contributed by atoms with Gasteiger partial charge in [0.25, 0.3) is 11.6 Å². The summed E-state index contributed by atoms with van der Waals surface area (Å²) in [5.74, 6) is -0.188. The molecule has 2 unspecified atom stereocenters. The van der Waals surface area contributed by atoms with Crippen LogP contribution in [-0.2, 0) is 0 Å². The first kappa shape index (κ1) is 16.5. The van der Waals surface area contributed by atoms with Crippen LogP contribution in [0.15, 0.2) is 18.2 Å². The van der Waals surface area contributed by atoms with Crippen LogP contribution in [0.5, 0.6) is 0 Å². The number of fused-ring (bicyclic) bond motifs is 2. The van der Waals surface area contributed by atoms with Gasteiger partial charge in [0, 0.05) is 36.4 Å². The Hall–Kier alpha value is -1.86. The molecule has 3 N–H and O–H groups in total. The summed E-state index contributed by atoms with van der Waals surface area (Å²) >= 11 is 0. The van der Waals surface area contributed by atoms with Gasteiger partial charge >= 0.3 is 0 Å². The smallest absolute Gasteiger partial charge is 0.270 e. The van der Waals surface area contributed by atoms with Gasteiger partial charge in [0.2, 0.25) is 0 Å². The molecule has 120 valence electrons. The van der Waals surface area contributed by atoms with Crippen molar-refractivity contribution in [2.24, 2.45) is 0 Å². The SMILES string of the molecule is Cl.Nc1ccc([N+](=O)[O-])cc1C(=O)N1C2CCNCC1CC2. The molecule has 2 aliphatic heterocycles. The Morgan fingerprint density at radius 3 is 2.77 bits per heavy atom. The van der Waals surface area contributed by atoms with Gasteiger partial charge in [-0.05, 0) is 31.9 Å². The Balaban J connectivity index is 0.00000176. The zero-order valence-corrected chi connectivity index (χ0v) is 12.8. The van der Waals surface area contributed by atoms with Crippen LogP contribution in [0.2, 0.25) is 0 Å². The minimum absolute atomic E-state index is 0. The van der Waals surface area contributed by atoms with E-state index in [0.29, 0.717) is 5.69 Å². The summed E-state index contributed by atoms with van der Waals surface area (Å²) in [5.41, 5.74) is 6.29. The van der Waals surface area contributed by atoms with Crippen molar-refractivity contribution in [1.82, 2.24) is 10.2 Å². The molecule has 1 aromatic carbocycles. The number of hydrogen-bond donors (Lipinski definition) is 2. The monoisotopic (exact) mass is 326 g/mol. The predicted molar refractivity (Wildman–Crippen MR) is 85.2 cm³/mol. The van der Waals surface area contributed by atoms with Crippen LogP contribution in [0.25, 0.3) is 0 Å². The van der Waals surface area contributed by atoms with Crippen molar-refractivity contribution in [2.45, 2.75) is 31.3 Å². The molecule has 2 atom stereocenters. The molecule has 1 amide bonds. The van der Waals surface area contributed by atoms with E-state index in [-0.39, 0.29) is 41.6 Å². The zero-order valence-electron chi connectivity index (χ0n) is 12.0. The van der Waals surface area contributed by atoms with Crippen molar-refractivity contribution in [3.05, 3.63) is 33.9 Å². The summed E-state index contributed by atoms with van der Waals surface area (Å²) in [5, 5.41) is 14.2. The number of carbonyl (C=O) groups is 1. The highest BCUT2D eigenvalue weighted by Gasteiger charge is 2.39. The Labute approximate surface area is 134 Å². The fourth-order valence-electron chi connectivity index (χ4n) is 3.30. The molecular formula is C14H19ClN4O3. The van der Waals surface area contributed by atoms with E-state index >= 15 is 0 Å². The number of halogens is 1. The van der Waals surface area contributed by atoms with E-state index in [9.17, 15) is 14.9 Å². The van der Waals surface area contributed by atoms with E-state index in [4.69, 9.17) is 5.73 Å². The molecule has 7 nitrogen and oxygen atoms in total. The highest BCUT2D eigenvalue weighted by molar-refractivity contribution is 6.00. The van der Waals surface area contributed by atoms with Gasteiger partial charge in [0.05, 0.1) is 10.5 Å². The summed E-state index contributed by atoms with van der Waals surface area (Å²) in [6, 6.07) is 4.41. The minimum Gasteiger partial charge on any atom is -0.398 e. The van der Waals surface area contributed by atoms with Crippen LogP contribution in [0.4, 0.5) is 11.4 Å². The number of nitrogens with two attached hydrogens (primary N) is 1. The molecule has 0 aliphatic carbocycles. The Morgan fingerprint density at radius 2 is 2.05 bits per heavy atom. The lowest BCUT2D eigenvalue weighted by Crippen LogP contribution is -2.42. The Bertz CT molecular complexity index is 581. The van der Waals surface area contributed by atoms with Gasteiger partial charge in [-0.3, -0.25) is 14.9 Å². The molecule has 8 heteroatoms. The van der Waals surface area contributed by atoms with Gasteiger partial charge in [-0.15, -0.1) is 12.4 Å². The van der Waals surface area contributed by atoms with Gasteiger partial charge < -0.3 is 16.0 Å². The van der Waals surface area contributed by atoms with Crippen LogP contribution < -0.4 is 11.1 Å². The van der Waals surface area contributed by atoms with E-state index in [1.54, 1.807) is 0 Å². The molecule has 3 rings (SSSR count). The lowest BCUT2D eigenvalue weighted by atomic mass is 10.1. The van der Waals surface area contributed by atoms with Crippen molar-refractivity contribution >= 4 is 29.7 Å². The Kier molecular flexibility index (Phi) is 4.87. The van der Waals surface area contributed by atoms with Crippen molar-refractivity contribution in [2.75, 3.05) is 18.8 Å². The van der Waals surface area contributed by atoms with Gasteiger partial charge in [0.1, 0.15) is 0 Å². The van der Waals surface area contributed by atoms with E-state index in [1.165, 1.54) is 18.2 Å². The number of rotatable bonds is 2. The second-order valence-corrected chi connectivity index (χ2v) is 5.62. The maximum absolute atomic E-state index is 12.8. The number of amides is 1. The van der Waals surface area contributed by atoms with E-state index < -0.39 is 4.92 Å². The number of benzene rings is 1. The van der Waals surface area contributed by atoms with Crippen LogP contribution >= 0.6 is 12.4 Å². The number of nitrogens with one attached hydrogen (secondary N) is 1. The molecule has 0 saturated carbocycles. The third-order valence-corrected chi connectivity index (χ3v) is 4.37. The molecule has 2 saturated heterocycles. The third kappa shape index (κ3) is 2.86. The predicted octanol–water partition coefficient (Wildman–Crippen LogP) is 1.57. The lowest BCUT2D eigenvalue weighted by molar-refractivity contribution is -0.384. The van der Waals surface area contributed by atoms with Gasteiger partial charge in [-0.25, -0.2) is 0 Å². The summed E-state index contributed by atoms with van der Waals surface area (Å²) in [7, 11) is 0. The summed E-state index contributed by atoms with van der Waals surface area (Å²) in [6.07, 6.45) is 2.88. The number of nitro benzene ring substituents is 1. The first-order valence-electron chi connectivity index (χ1n) is 7.15. The number of hydrogen-bond acceptors (Lipinski definition) is 5. The molecule has 1 aromatic rings. The first-order valence-corrected chi connectivity index (χ1v) is 7.15. The number of nitro groups is 1. The number of anilines is 1. The fraction of sp³-hybridized carbons (Fsp3) is 0.500. The van der Waals surface area contributed by atoms with Crippen LogP contribution in [0.1, 0.15) is 29.6 Å². The number of carbonyl (C=O) groups excluding carboxylic acids is 1. The number of nitrogens with zero attached hydrogens (tertiary/aromatic N) is 2. The molecule has 2 heterocycles. The first-order chi connectivity index (χ1) is 10.1. The zero-order chi connectivity index (χ0) is 15.0. The highest BCUT2D eigenvalue weighted by atomic mass is 35.5. The standard InChI is InChI=1S/C14H18N4O3.ClH/c15-13-4-3-10(18(20)21)7-12(13)14(19)17-9-1-2-11(17)8-16-6-5-9;/h3-4,7,9,11,16H,1-2,5-6,8,15H2;1H. The maximum Gasteiger partial charge on any atom is 0.270 e. The minimum atomic E-state index is -0.505. The quantitative estimate of drug-likeness (QED) is 0.488. The summed E-state index contributed by atoms with van der Waals surface area (Å²) in [4.78, 5) is 25.1. The molecule has 2 aliphatic rings. The summed E-state index contributed by atoms with van der Waals surface area (Å²) in [6.45, 7) is 1.67. The number of non-ortho nitro benzene ring substituents is 1. The van der Waals surface area contributed by atoms with E-state index in [0.717, 1.165) is 32.4 Å². The average Bonchev–Trinajstić information content (AvgIpc) is 2.71. The van der Waals surface area contributed by atoms with Gasteiger partial charge in [0.15, 0.2) is 0 Å². The fourth-order valence-corrected chi connectivity index (χ4v) is 3.30. The summed E-state index contributed by atoms with van der Waals surface area (Å²) < 4.78 is 0. The van der Waals surface area contributed by atoms with E-state index in [1.807, 2.05) is 4.90 Å². The van der Waals surface area contributed by atoms with Crippen LogP contribution in [-0.4, -0.2) is 40.9 Å². The molecule has 0 radical (unpaired) electrons. The van der Waals surface area contributed by atoms with E-state index in [2.05, 4.69) is 5.32 Å². The molecule has 2 bridgehead atoms.